The average Bonchev–Trinajstić information content (AvgIpc) is 2.94. The molecule has 118 valence electrons. The van der Waals surface area contributed by atoms with Crippen LogP contribution in [-0.4, -0.2) is 26.7 Å². The van der Waals surface area contributed by atoms with Crippen LogP contribution < -0.4 is 10.9 Å². The number of carboxylic acids is 1. The number of carbonyl (C=O) groups excluding carboxylic acids is 1. The number of nitrogens with one attached hydrogen (secondary N) is 1. The van der Waals surface area contributed by atoms with Crippen molar-refractivity contribution in [3.8, 4) is 12.3 Å². The maximum Gasteiger partial charge on any atom is 0.327 e. The fraction of sp³-hybridized carbons (Fsp3) is 0.200. The number of carbonyl (C=O) groups is 2. The van der Waals surface area contributed by atoms with E-state index in [9.17, 15) is 19.5 Å². The van der Waals surface area contributed by atoms with Crippen LogP contribution in [0.5, 0.6) is 0 Å². The van der Waals surface area contributed by atoms with Crippen LogP contribution in [0.2, 0.25) is 0 Å². The average molecular weight is 315 g/mol. The highest BCUT2D eigenvalue weighted by Crippen LogP contribution is 2.11. The van der Waals surface area contributed by atoms with Gasteiger partial charge in [0.25, 0.3) is 11.5 Å². The molecule has 1 atom stereocenters. The van der Waals surface area contributed by atoms with E-state index in [1.54, 1.807) is 6.92 Å². The van der Waals surface area contributed by atoms with Gasteiger partial charge in [0.1, 0.15) is 17.5 Å². The lowest BCUT2D eigenvalue weighted by molar-refractivity contribution is -0.140. The zero-order valence-electron chi connectivity index (χ0n) is 12.1. The lowest BCUT2D eigenvalue weighted by Gasteiger charge is -2.14. The number of anilines is 1. The van der Waals surface area contributed by atoms with Crippen molar-refractivity contribution in [2.75, 3.05) is 5.32 Å². The lowest BCUT2D eigenvalue weighted by atomic mass is 10.2. The number of rotatable bonds is 5. The van der Waals surface area contributed by atoms with E-state index in [1.165, 1.54) is 24.4 Å². The molecule has 0 aliphatic carbocycles. The number of hydrogen-bond donors (Lipinski definition) is 2. The maximum atomic E-state index is 12.3. The molecule has 0 spiro atoms. The molecule has 1 amide bonds. The van der Waals surface area contributed by atoms with Crippen molar-refractivity contribution in [3.63, 3.8) is 0 Å². The van der Waals surface area contributed by atoms with Crippen LogP contribution >= 0.6 is 0 Å². The maximum absolute atomic E-state index is 12.3. The van der Waals surface area contributed by atoms with E-state index in [0.717, 1.165) is 4.57 Å². The van der Waals surface area contributed by atoms with Gasteiger partial charge in [-0.25, -0.2) is 4.79 Å². The van der Waals surface area contributed by atoms with Crippen LogP contribution in [0.15, 0.2) is 33.7 Å². The van der Waals surface area contributed by atoms with Gasteiger partial charge < -0.3 is 14.9 Å². The summed E-state index contributed by atoms with van der Waals surface area (Å²) in [5.41, 5.74) is -0.749. The number of aromatic nitrogens is 2. The molecule has 0 saturated heterocycles. The molecule has 8 nitrogen and oxygen atoms in total. The Balaban J connectivity index is 2.33. The zero-order valence-corrected chi connectivity index (χ0v) is 12.1. The van der Waals surface area contributed by atoms with Gasteiger partial charge in [0.2, 0.25) is 0 Å². The van der Waals surface area contributed by atoms with Gasteiger partial charge in [0.15, 0.2) is 5.69 Å². The van der Waals surface area contributed by atoms with E-state index in [0.29, 0.717) is 5.76 Å². The number of pyridine rings is 1. The summed E-state index contributed by atoms with van der Waals surface area (Å²) in [4.78, 5) is 35.6. The van der Waals surface area contributed by atoms with E-state index in [-0.39, 0.29) is 17.8 Å². The van der Waals surface area contributed by atoms with Crippen molar-refractivity contribution < 1.29 is 19.2 Å². The number of aryl methyl sites for hydroxylation is 1. The van der Waals surface area contributed by atoms with Crippen molar-refractivity contribution in [1.29, 1.82) is 0 Å². The molecule has 8 heteroatoms. The Labute approximate surface area is 130 Å². The van der Waals surface area contributed by atoms with E-state index in [4.69, 9.17) is 10.9 Å². The molecule has 0 aliphatic rings. The fourth-order valence-electron chi connectivity index (χ4n) is 1.93. The fourth-order valence-corrected chi connectivity index (χ4v) is 1.93. The molecule has 2 aromatic rings. The van der Waals surface area contributed by atoms with E-state index in [2.05, 4.69) is 16.4 Å². The van der Waals surface area contributed by atoms with Gasteiger partial charge in [-0.2, -0.15) is 0 Å². The molecule has 0 aliphatic heterocycles. The predicted molar refractivity (Wildman–Crippen MR) is 80.0 cm³/mol. The number of aliphatic carboxylic acids is 1. The minimum absolute atomic E-state index is 0.00992. The Kier molecular flexibility index (Phi) is 4.61. The second kappa shape index (κ2) is 6.62. The summed E-state index contributed by atoms with van der Waals surface area (Å²) in [5, 5.41) is 15.1. The molecular weight excluding hydrogens is 302 g/mol. The Bertz CT molecular complexity index is 843. The van der Waals surface area contributed by atoms with E-state index < -0.39 is 23.5 Å². The van der Waals surface area contributed by atoms with Crippen LogP contribution in [-0.2, 0) is 4.79 Å². The van der Waals surface area contributed by atoms with Gasteiger partial charge in [-0.1, -0.05) is 5.16 Å². The Morgan fingerprint density at radius 3 is 2.87 bits per heavy atom. The lowest BCUT2D eigenvalue weighted by Crippen LogP contribution is -2.31. The van der Waals surface area contributed by atoms with Crippen LogP contribution in [0.4, 0.5) is 5.69 Å². The summed E-state index contributed by atoms with van der Waals surface area (Å²) >= 11 is 0. The summed E-state index contributed by atoms with van der Waals surface area (Å²) < 4.78 is 5.75. The molecule has 0 radical (unpaired) electrons. The quantitative estimate of drug-likeness (QED) is 0.797. The summed E-state index contributed by atoms with van der Waals surface area (Å²) in [6.07, 6.45) is 6.28. The monoisotopic (exact) mass is 315 g/mol. The number of amides is 1. The van der Waals surface area contributed by atoms with Crippen molar-refractivity contribution in [3.05, 3.63) is 46.2 Å². The second-order valence-electron chi connectivity index (χ2n) is 4.67. The summed E-state index contributed by atoms with van der Waals surface area (Å²) in [6, 6.07) is 3.00. The molecule has 2 heterocycles. The molecule has 0 saturated carbocycles. The first-order valence-electron chi connectivity index (χ1n) is 6.56. The van der Waals surface area contributed by atoms with Crippen LogP contribution in [0.25, 0.3) is 0 Å². The zero-order chi connectivity index (χ0) is 17.0. The summed E-state index contributed by atoms with van der Waals surface area (Å²) in [6.45, 7) is 1.62. The topological polar surface area (TPSA) is 114 Å². The molecule has 0 bridgehead atoms. The number of hydrogen-bond acceptors (Lipinski definition) is 5. The third-order valence-electron chi connectivity index (χ3n) is 3.02. The molecule has 1 unspecified atom stereocenters. The highest BCUT2D eigenvalue weighted by Gasteiger charge is 2.21. The largest absolute Gasteiger partial charge is 0.480 e. The number of nitrogens with zero attached hydrogens (tertiary/aromatic N) is 2. The predicted octanol–water partition coefficient (Wildman–Crippen LogP) is 1.05. The Morgan fingerprint density at radius 2 is 2.30 bits per heavy atom. The molecule has 2 aromatic heterocycles. The standard InChI is InChI=1S/C15H13N3O5/c1-3-5-12(15(21)22)18-7-4-6-10(14(18)20)16-13(19)11-8-9(2)23-17-11/h1,4,6-8,12H,5H2,2H3,(H,16,19)(H,21,22). The number of carboxylic acid groups (broad SMARTS) is 1. The SMILES string of the molecule is C#CCC(C(=O)O)n1cccc(NC(=O)c2cc(C)on2)c1=O. The third kappa shape index (κ3) is 3.47. The molecular formula is C15H13N3O5. The normalized spacial score (nSPS) is 11.5. The van der Waals surface area contributed by atoms with Gasteiger partial charge in [-0.3, -0.25) is 14.2 Å². The summed E-state index contributed by atoms with van der Waals surface area (Å²) in [7, 11) is 0. The molecule has 23 heavy (non-hydrogen) atoms. The first kappa shape index (κ1) is 16.0. The van der Waals surface area contributed by atoms with Gasteiger partial charge in [0, 0.05) is 18.7 Å². The molecule has 2 rings (SSSR count). The first-order valence-corrected chi connectivity index (χ1v) is 6.56. The molecule has 2 N–H and O–H groups in total. The van der Waals surface area contributed by atoms with Crippen molar-refractivity contribution in [2.45, 2.75) is 19.4 Å². The van der Waals surface area contributed by atoms with Crippen LogP contribution in [0.1, 0.15) is 28.7 Å². The third-order valence-corrected chi connectivity index (χ3v) is 3.02. The van der Waals surface area contributed by atoms with Crippen molar-refractivity contribution >= 4 is 17.6 Å². The first-order chi connectivity index (χ1) is 10.9. The highest BCUT2D eigenvalue weighted by atomic mass is 16.5. The van der Waals surface area contributed by atoms with E-state index >= 15 is 0 Å². The molecule has 0 aromatic carbocycles. The van der Waals surface area contributed by atoms with Gasteiger partial charge in [0.05, 0.1) is 0 Å². The van der Waals surface area contributed by atoms with Crippen molar-refractivity contribution in [2.24, 2.45) is 0 Å². The Hall–Kier alpha value is -3.34. The minimum Gasteiger partial charge on any atom is -0.480 e. The van der Waals surface area contributed by atoms with Gasteiger partial charge in [-0.15, -0.1) is 12.3 Å². The van der Waals surface area contributed by atoms with Gasteiger partial charge in [-0.05, 0) is 19.1 Å². The molecule has 0 fully saturated rings. The van der Waals surface area contributed by atoms with Gasteiger partial charge >= 0.3 is 5.97 Å². The highest BCUT2D eigenvalue weighted by molar-refractivity contribution is 6.02. The van der Waals surface area contributed by atoms with Crippen LogP contribution in [0, 0.1) is 19.3 Å². The second-order valence-corrected chi connectivity index (χ2v) is 4.67. The van der Waals surface area contributed by atoms with Crippen molar-refractivity contribution in [1.82, 2.24) is 9.72 Å². The smallest absolute Gasteiger partial charge is 0.327 e. The van der Waals surface area contributed by atoms with E-state index in [1.807, 2.05) is 0 Å². The number of terminal acetylenes is 1. The minimum atomic E-state index is -1.24. The van der Waals surface area contributed by atoms with Crippen LogP contribution in [0.3, 0.4) is 0 Å². The Morgan fingerprint density at radius 1 is 1.57 bits per heavy atom. The summed E-state index contributed by atoms with van der Waals surface area (Å²) in [5.74, 6) is 0.784.